The van der Waals surface area contributed by atoms with Crippen molar-refractivity contribution in [3.8, 4) is 55.9 Å². The number of nitrogens with zero attached hydrogens (tertiary/aromatic N) is 2. The Morgan fingerprint density at radius 2 is 0.909 bits per heavy atom. The summed E-state index contributed by atoms with van der Waals surface area (Å²) >= 11 is 0. The summed E-state index contributed by atoms with van der Waals surface area (Å²) in [5, 5.41) is 7.19. The van der Waals surface area contributed by atoms with Gasteiger partial charge in [-0.1, -0.05) is 178 Å². The van der Waals surface area contributed by atoms with Crippen LogP contribution in [0.25, 0.3) is 99.2 Å². The van der Waals surface area contributed by atoms with E-state index >= 15 is 0 Å². The van der Waals surface area contributed by atoms with Crippen LogP contribution in [0, 0.1) is 0 Å². The Bertz CT molecular complexity index is 3170. The molecule has 2 nitrogen and oxygen atoms in total. The maximum Gasteiger partial charge on any atom is 0.0985 e. The van der Waals surface area contributed by atoms with E-state index in [0.717, 1.165) is 44.3 Å². The lowest BCUT2D eigenvalue weighted by Crippen LogP contribution is -2.14. The molecule has 0 aliphatic heterocycles. The van der Waals surface area contributed by atoms with Gasteiger partial charge in [0.2, 0.25) is 0 Å². The van der Waals surface area contributed by atoms with Gasteiger partial charge in [0.25, 0.3) is 0 Å². The molecule has 1 aromatic heterocycles. The first kappa shape index (κ1) is 31.6. The standard InChI is InChI=1S/C53H36N2/c1-53(2)44-26-11-10-23-41(44)49-42(25-15-27-45(49)53)48-38-21-8-9-22-39(38)50(52-51(34-17-4-3-5-18-34)54-46-28-12-13-29-47(46)55-52)40-31-30-35(32-43(40)48)37-24-14-19-33-16-6-7-20-36(33)37/h3-32H,1-2H3. The van der Waals surface area contributed by atoms with E-state index in [2.05, 4.69) is 184 Å². The van der Waals surface area contributed by atoms with Crippen LogP contribution in [0.1, 0.15) is 25.0 Å². The molecule has 258 valence electrons. The van der Waals surface area contributed by atoms with E-state index < -0.39 is 0 Å². The summed E-state index contributed by atoms with van der Waals surface area (Å²) in [6.07, 6.45) is 0. The Morgan fingerprint density at radius 1 is 0.345 bits per heavy atom. The minimum atomic E-state index is -0.118. The molecule has 11 rings (SSSR count). The van der Waals surface area contributed by atoms with E-state index in [1.807, 2.05) is 12.1 Å². The highest BCUT2D eigenvalue weighted by atomic mass is 14.8. The molecule has 55 heavy (non-hydrogen) atoms. The van der Waals surface area contributed by atoms with Gasteiger partial charge in [-0.05, 0) is 95.0 Å². The molecule has 10 aromatic rings. The van der Waals surface area contributed by atoms with E-state index in [4.69, 9.17) is 9.97 Å². The van der Waals surface area contributed by atoms with Crippen LogP contribution in [0.5, 0.6) is 0 Å². The third-order valence-corrected chi connectivity index (χ3v) is 11.9. The minimum absolute atomic E-state index is 0.118. The van der Waals surface area contributed by atoms with E-state index in [1.54, 1.807) is 0 Å². The van der Waals surface area contributed by atoms with Crippen molar-refractivity contribution in [1.82, 2.24) is 9.97 Å². The summed E-state index contributed by atoms with van der Waals surface area (Å²) in [6, 6.07) is 66.0. The summed E-state index contributed by atoms with van der Waals surface area (Å²) < 4.78 is 0. The number of hydrogen-bond acceptors (Lipinski definition) is 2. The Hall–Kier alpha value is -6.90. The number of fused-ring (bicyclic) bond motifs is 7. The summed E-state index contributed by atoms with van der Waals surface area (Å²) in [5.74, 6) is 0. The molecule has 0 bridgehead atoms. The van der Waals surface area contributed by atoms with Crippen molar-refractivity contribution in [3.63, 3.8) is 0 Å². The van der Waals surface area contributed by atoms with Crippen molar-refractivity contribution in [1.29, 1.82) is 0 Å². The van der Waals surface area contributed by atoms with Gasteiger partial charge in [0, 0.05) is 16.5 Å². The van der Waals surface area contributed by atoms with Crippen LogP contribution in [0.4, 0.5) is 0 Å². The maximum absolute atomic E-state index is 5.49. The van der Waals surface area contributed by atoms with Gasteiger partial charge in [-0.3, -0.25) is 0 Å². The van der Waals surface area contributed by atoms with Gasteiger partial charge >= 0.3 is 0 Å². The van der Waals surface area contributed by atoms with Gasteiger partial charge in [0.05, 0.1) is 22.4 Å². The Kier molecular flexibility index (Phi) is 6.93. The fourth-order valence-corrected chi connectivity index (χ4v) is 9.30. The summed E-state index contributed by atoms with van der Waals surface area (Å²) in [5.41, 5.74) is 15.9. The third-order valence-electron chi connectivity index (χ3n) is 11.9. The van der Waals surface area contributed by atoms with E-state index in [9.17, 15) is 0 Å². The van der Waals surface area contributed by atoms with Crippen molar-refractivity contribution < 1.29 is 0 Å². The van der Waals surface area contributed by atoms with Gasteiger partial charge in [-0.25, -0.2) is 9.97 Å². The van der Waals surface area contributed by atoms with Crippen molar-refractivity contribution in [3.05, 3.63) is 193 Å². The lowest BCUT2D eigenvalue weighted by Gasteiger charge is -2.23. The molecule has 0 unspecified atom stereocenters. The predicted octanol–water partition coefficient (Wildman–Crippen LogP) is 14.1. The Labute approximate surface area is 320 Å². The smallest absolute Gasteiger partial charge is 0.0985 e. The highest BCUT2D eigenvalue weighted by Gasteiger charge is 2.37. The van der Waals surface area contributed by atoms with Crippen LogP contribution >= 0.6 is 0 Å². The molecular formula is C53H36N2. The molecule has 9 aromatic carbocycles. The molecule has 1 aliphatic rings. The summed E-state index contributed by atoms with van der Waals surface area (Å²) in [7, 11) is 0. The van der Waals surface area contributed by atoms with Crippen LogP contribution < -0.4 is 0 Å². The first-order valence-electron chi connectivity index (χ1n) is 19.1. The lowest BCUT2D eigenvalue weighted by molar-refractivity contribution is 0.660. The van der Waals surface area contributed by atoms with Gasteiger partial charge in [0.15, 0.2) is 0 Å². The van der Waals surface area contributed by atoms with Gasteiger partial charge < -0.3 is 0 Å². The van der Waals surface area contributed by atoms with E-state index in [0.29, 0.717) is 0 Å². The largest absolute Gasteiger partial charge is 0.244 e. The number of benzene rings is 9. The van der Waals surface area contributed by atoms with Gasteiger partial charge in [-0.15, -0.1) is 0 Å². The lowest BCUT2D eigenvalue weighted by atomic mass is 9.80. The average molecular weight is 701 g/mol. The molecule has 1 heterocycles. The predicted molar refractivity (Wildman–Crippen MR) is 231 cm³/mol. The third kappa shape index (κ3) is 4.74. The van der Waals surface area contributed by atoms with Crippen LogP contribution in [-0.4, -0.2) is 9.97 Å². The quantitative estimate of drug-likeness (QED) is 0.171. The fourth-order valence-electron chi connectivity index (χ4n) is 9.30. The van der Waals surface area contributed by atoms with Crippen molar-refractivity contribution >= 4 is 43.4 Å². The first-order chi connectivity index (χ1) is 27.1. The second kappa shape index (κ2) is 12.1. The molecule has 0 saturated heterocycles. The second-order valence-corrected chi connectivity index (χ2v) is 15.3. The first-order valence-corrected chi connectivity index (χ1v) is 19.1. The number of hydrogen-bond donors (Lipinski definition) is 0. The van der Waals surface area contributed by atoms with Gasteiger partial charge in [0.1, 0.15) is 0 Å². The zero-order chi connectivity index (χ0) is 36.7. The summed E-state index contributed by atoms with van der Waals surface area (Å²) in [4.78, 5) is 10.8. The molecule has 2 heteroatoms. The fraction of sp³-hybridized carbons (Fsp3) is 0.0566. The second-order valence-electron chi connectivity index (χ2n) is 15.3. The molecule has 0 N–H and O–H groups in total. The molecule has 0 amide bonds. The highest BCUT2D eigenvalue weighted by Crippen LogP contribution is 2.55. The molecule has 1 aliphatic carbocycles. The molecular weight excluding hydrogens is 665 g/mol. The molecule has 0 atom stereocenters. The number of rotatable bonds is 4. The minimum Gasteiger partial charge on any atom is -0.244 e. The average Bonchev–Trinajstić information content (AvgIpc) is 3.48. The van der Waals surface area contributed by atoms with Crippen LogP contribution in [0.2, 0.25) is 0 Å². The molecule has 0 fully saturated rings. The Morgan fingerprint density at radius 3 is 1.73 bits per heavy atom. The van der Waals surface area contributed by atoms with Crippen LogP contribution in [-0.2, 0) is 5.41 Å². The van der Waals surface area contributed by atoms with E-state index in [1.165, 1.54) is 66.1 Å². The normalized spacial score (nSPS) is 13.1. The number of aromatic nitrogens is 2. The zero-order valence-electron chi connectivity index (χ0n) is 30.7. The van der Waals surface area contributed by atoms with Crippen LogP contribution in [0.3, 0.4) is 0 Å². The van der Waals surface area contributed by atoms with Crippen LogP contribution in [0.15, 0.2) is 182 Å². The number of para-hydroxylation sites is 2. The molecule has 0 saturated carbocycles. The van der Waals surface area contributed by atoms with E-state index in [-0.39, 0.29) is 5.41 Å². The van der Waals surface area contributed by atoms with Gasteiger partial charge in [-0.2, -0.15) is 0 Å². The van der Waals surface area contributed by atoms with Crippen molar-refractivity contribution in [2.75, 3.05) is 0 Å². The maximum atomic E-state index is 5.49. The molecule has 0 radical (unpaired) electrons. The van der Waals surface area contributed by atoms with Crippen molar-refractivity contribution in [2.24, 2.45) is 0 Å². The summed E-state index contributed by atoms with van der Waals surface area (Å²) in [6.45, 7) is 4.73. The topological polar surface area (TPSA) is 25.8 Å². The SMILES string of the molecule is CC1(C)c2ccccc2-c2c(-c3c4ccccc4c(-c4nc5ccccc5nc4-c4ccccc4)c4ccc(-c5cccc6ccccc56)cc34)cccc21. The Balaban J connectivity index is 1.32. The monoisotopic (exact) mass is 700 g/mol. The molecule has 0 spiro atoms. The van der Waals surface area contributed by atoms with Crippen molar-refractivity contribution in [2.45, 2.75) is 19.3 Å². The zero-order valence-corrected chi connectivity index (χ0v) is 30.7. The highest BCUT2D eigenvalue weighted by molar-refractivity contribution is 6.24.